The van der Waals surface area contributed by atoms with Gasteiger partial charge in [-0.2, -0.15) is 0 Å². The summed E-state index contributed by atoms with van der Waals surface area (Å²) in [6, 6.07) is 11.8. The van der Waals surface area contributed by atoms with Crippen LogP contribution in [0.15, 0.2) is 42.5 Å². The van der Waals surface area contributed by atoms with Gasteiger partial charge in [-0.25, -0.2) is 4.98 Å². The van der Waals surface area contributed by atoms with Gasteiger partial charge in [0.25, 0.3) is 5.91 Å². The van der Waals surface area contributed by atoms with Gasteiger partial charge in [-0.05, 0) is 50.1 Å². The highest BCUT2D eigenvalue weighted by molar-refractivity contribution is 6.01. The van der Waals surface area contributed by atoms with Crippen molar-refractivity contribution in [1.29, 1.82) is 0 Å². The molecule has 1 aromatic heterocycles. The van der Waals surface area contributed by atoms with E-state index in [0.717, 1.165) is 11.0 Å². The maximum atomic E-state index is 13.0. The smallest absolute Gasteiger partial charge is 0.252 e. The Balaban J connectivity index is 1.77. The number of hydrogen-bond donors (Lipinski definition) is 3. The largest absolute Gasteiger partial charge is 0.490 e. The van der Waals surface area contributed by atoms with E-state index in [-0.39, 0.29) is 17.7 Å². The van der Waals surface area contributed by atoms with E-state index < -0.39 is 6.04 Å². The second-order valence-electron chi connectivity index (χ2n) is 7.46. The van der Waals surface area contributed by atoms with Crippen LogP contribution in [-0.4, -0.2) is 41.0 Å². The van der Waals surface area contributed by atoms with Gasteiger partial charge < -0.3 is 19.8 Å². The number of carbonyl (C=O) groups is 2. The minimum Gasteiger partial charge on any atom is -0.490 e. The number of imidazole rings is 1. The van der Waals surface area contributed by atoms with Crippen molar-refractivity contribution in [2.45, 2.75) is 40.2 Å². The average molecular weight is 439 g/mol. The molecule has 0 fully saturated rings. The summed E-state index contributed by atoms with van der Waals surface area (Å²) in [5, 5.41) is 5.67. The predicted molar refractivity (Wildman–Crippen MR) is 124 cm³/mol. The van der Waals surface area contributed by atoms with Crippen molar-refractivity contribution < 1.29 is 19.1 Å². The summed E-state index contributed by atoms with van der Waals surface area (Å²) >= 11 is 0. The maximum Gasteiger partial charge on any atom is 0.252 e. The van der Waals surface area contributed by atoms with Crippen molar-refractivity contribution in [1.82, 2.24) is 15.3 Å². The number of nitrogens with one attached hydrogen (secondary N) is 3. The molecule has 3 aromatic rings. The third-order valence-corrected chi connectivity index (χ3v) is 5.22. The van der Waals surface area contributed by atoms with Gasteiger partial charge in [0, 0.05) is 5.56 Å². The van der Waals surface area contributed by atoms with E-state index in [4.69, 9.17) is 9.47 Å². The van der Waals surface area contributed by atoms with E-state index in [0.29, 0.717) is 42.6 Å². The zero-order valence-electron chi connectivity index (χ0n) is 18.9. The van der Waals surface area contributed by atoms with Crippen molar-refractivity contribution in [3.05, 3.63) is 48.0 Å². The van der Waals surface area contributed by atoms with E-state index in [1.54, 1.807) is 18.2 Å². The lowest BCUT2D eigenvalue weighted by Crippen LogP contribution is -2.47. The third kappa shape index (κ3) is 5.38. The Morgan fingerprint density at radius 1 is 1.03 bits per heavy atom. The Labute approximate surface area is 187 Å². The molecule has 1 heterocycles. The molecule has 0 saturated carbocycles. The number of anilines is 1. The van der Waals surface area contributed by atoms with Gasteiger partial charge in [-0.1, -0.05) is 32.4 Å². The molecule has 0 saturated heterocycles. The number of hydrogen-bond acceptors (Lipinski definition) is 5. The van der Waals surface area contributed by atoms with Crippen LogP contribution in [0, 0.1) is 5.92 Å². The number of benzene rings is 2. The van der Waals surface area contributed by atoms with Crippen LogP contribution in [0.1, 0.15) is 44.5 Å². The molecule has 0 aliphatic heterocycles. The highest BCUT2D eigenvalue weighted by atomic mass is 16.5. The van der Waals surface area contributed by atoms with E-state index in [9.17, 15) is 9.59 Å². The van der Waals surface area contributed by atoms with Crippen molar-refractivity contribution in [3.63, 3.8) is 0 Å². The van der Waals surface area contributed by atoms with Crippen molar-refractivity contribution >= 4 is 28.8 Å². The van der Waals surface area contributed by atoms with Gasteiger partial charge >= 0.3 is 0 Å². The van der Waals surface area contributed by atoms with Crippen LogP contribution in [0.4, 0.5) is 5.95 Å². The SMILES string of the molecule is CCOc1ccc(C(=O)N[C@H](C(=O)Nc2nc3ccccc3[nH]2)[C@H](C)CC)cc1OCC. The first kappa shape index (κ1) is 23.1. The molecule has 3 N–H and O–H groups in total. The first-order valence-corrected chi connectivity index (χ1v) is 10.9. The molecular formula is C24H30N4O4. The fraction of sp³-hybridized carbons (Fsp3) is 0.375. The minimum absolute atomic E-state index is 0.0858. The lowest BCUT2D eigenvalue weighted by molar-refractivity contribution is -0.119. The van der Waals surface area contributed by atoms with Crippen LogP contribution in [0.5, 0.6) is 11.5 Å². The fourth-order valence-electron chi connectivity index (χ4n) is 3.33. The molecule has 8 nitrogen and oxygen atoms in total. The first-order valence-electron chi connectivity index (χ1n) is 10.9. The number of H-pyrrole nitrogens is 1. The molecule has 2 amide bonds. The van der Waals surface area contributed by atoms with Gasteiger partial charge in [-0.15, -0.1) is 0 Å². The van der Waals surface area contributed by atoms with Crippen LogP contribution in [0.3, 0.4) is 0 Å². The summed E-state index contributed by atoms with van der Waals surface area (Å²) in [5.41, 5.74) is 1.97. The van der Waals surface area contributed by atoms with E-state index in [1.165, 1.54) is 0 Å². The Morgan fingerprint density at radius 2 is 1.75 bits per heavy atom. The van der Waals surface area contributed by atoms with E-state index in [1.807, 2.05) is 52.0 Å². The number of ether oxygens (including phenoxy) is 2. The standard InChI is InChI=1S/C24H30N4O4/c1-5-15(4)21(23(30)28-24-25-17-10-8-9-11-18(17)26-24)27-22(29)16-12-13-19(31-6-2)20(14-16)32-7-3/h8-15,21H,5-7H2,1-4H3,(H,27,29)(H2,25,26,28,30)/t15-,21+/m1/s1. The highest BCUT2D eigenvalue weighted by Gasteiger charge is 2.27. The van der Waals surface area contributed by atoms with Crippen molar-refractivity contribution in [2.75, 3.05) is 18.5 Å². The summed E-state index contributed by atoms with van der Waals surface area (Å²) in [6.07, 6.45) is 0.714. The van der Waals surface area contributed by atoms with Crippen LogP contribution in [0.25, 0.3) is 11.0 Å². The molecule has 2 aromatic carbocycles. The Bertz CT molecular complexity index is 1050. The lowest BCUT2D eigenvalue weighted by Gasteiger charge is -2.23. The normalized spacial score (nSPS) is 12.8. The molecule has 3 rings (SSSR count). The van der Waals surface area contributed by atoms with Crippen LogP contribution >= 0.6 is 0 Å². The summed E-state index contributed by atoms with van der Waals surface area (Å²) in [6.45, 7) is 8.58. The summed E-state index contributed by atoms with van der Waals surface area (Å²) in [5.74, 6) is 0.637. The molecule has 2 atom stereocenters. The van der Waals surface area contributed by atoms with Crippen LogP contribution < -0.4 is 20.1 Å². The number of para-hydroxylation sites is 2. The van der Waals surface area contributed by atoms with Crippen molar-refractivity contribution in [2.24, 2.45) is 5.92 Å². The minimum atomic E-state index is -0.733. The van der Waals surface area contributed by atoms with Gasteiger partial charge in [-0.3, -0.25) is 14.9 Å². The first-order chi connectivity index (χ1) is 15.5. The molecule has 0 aliphatic rings. The topological polar surface area (TPSA) is 105 Å². The van der Waals surface area contributed by atoms with Crippen molar-refractivity contribution in [3.8, 4) is 11.5 Å². The number of nitrogens with zero attached hydrogens (tertiary/aromatic N) is 1. The summed E-state index contributed by atoms with van der Waals surface area (Å²) in [7, 11) is 0. The number of amides is 2. The molecule has 0 bridgehead atoms. The highest BCUT2D eigenvalue weighted by Crippen LogP contribution is 2.28. The number of fused-ring (bicyclic) bond motifs is 1. The lowest BCUT2D eigenvalue weighted by atomic mass is 9.98. The Morgan fingerprint density at radius 3 is 2.44 bits per heavy atom. The quantitative estimate of drug-likeness (QED) is 0.441. The monoisotopic (exact) mass is 438 g/mol. The molecule has 8 heteroatoms. The van der Waals surface area contributed by atoms with E-state index >= 15 is 0 Å². The molecule has 170 valence electrons. The second-order valence-corrected chi connectivity index (χ2v) is 7.46. The Hall–Kier alpha value is -3.55. The zero-order chi connectivity index (χ0) is 23.1. The summed E-state index contributed by atoms with van der Waals surface area (Å²) < 4.78 is 11.2. The van der Waals surface area contributed by atoms with E-state index in [2.05, 4.69) is 20.6 Å². The molecule has 0 spiro atoms. The van der Waals surface area contributed by atoms with Gasteiger partial charge in [0.1, 0.15) is 6.04 Å². The molecule has 0 unspecified atom stereocenters. The average Bonchev–Trinajstić information content (AvgIpc) is 3.20. The van der Waals surface area contributed by atoms with Gasteiger partial charge in [0.2, 0.25) is 11.9 Å². The molecule has 32 heavy (non-hydrogen) atoms. The predicted octanol–water partition coefficient (Wildman–Crippen LogP) is 4.14. The number of aromatic nitrogens is 2. The number of rotatable bonds is 10. The molecular weight excluding hydrogens is 408 g/mol. The molecule has 0 aliphatic carbocycles. The van der Waals surface area contributed by atoms with Gasteiger partial charge in [0.15, 0.2) is 11.5 Å². The molecule has 0 radical (unpaired) electrons. The van der Waals surface area contributed by atoms with Gasteiger partial charge in [0.05, 0.1) is 24.2 Å². The zero-order valence-corrected chi connectivity index (χ0v) is 18.9. The second kappa shape index (κ2) is 10.7. The van der Waals surface area contributed by atoms with Crippen LogP contribution in [-0.2, 0) is 4.79 Å². The van der Waals surface area contributed by atoms with Crippen LogP contribution in [0.2, 0.25) is 0 Å². The maximum absolute atomic E-state index is 13.0. The summed E-state index contributed by atoms with van der Waals surface area (Å²) in [4.78, 5) is 33.5. The Kier molecular flexibility index (Phi) is 7.70. The fourth-order valence-corrected chi connectivity index (χ4v) is 3.33. The number of carbonyl (C=O) groups excluding carboxylic acids is 2. The number of aromatic amines is 1. The third-order valence-electron chi connectivity index (χ3n) is 5.22.